The van der Waals surface area contributed by atoms with Crippen LogP contribution in [-0.4, -0.2) is 16.5 Å². The lowest BCUT2D eigenvalue weighted by molar-refractivity contribution is 0.511. The second kappa shape index (κ2) is 4.98. The largest absolute Gasteiger partial charge is 0.460 e. The zero-order valence-electron chi connectivity index (χ0n) is 10.7. The van der Waals surface area contributed by atoms with Gasteiger partial charge >= 0.3 is 0 Å². The van der Waals surface area contributed by atoms with E-state index in [2.05, 4.69) is 15.3 Å². The van der Waals surface area contributed by atoms with Crippen molar-refractivity contribution in [2.24, 2.45) is 0 Å². The maximum atomic E-state index is 5.60. The summed E-state index contributed by atoms with van der Waals surface area (Å²) in [5, 5.41) is 3.54. The molecule has 0 saturated carbocycles. The van der Waals surface area contributed by atoms with E-state index in [9.17, 15) is 0 Å². The van der Waals surface area contributed by atoms with Crippen LogP contribution in [0.15, 0.2) is 22.7 Å². The van der Waals surface area contributed by atoms with Crippen molar-refractivity contribution in [3.8, 4) is 11.5 Å². The van der Waals surface area contributed by atoms with E-state index in [4.69, 9.17) is 4.42 Å². The van der Waals surface area contributed by atoms with E-state index in [-0.39, 0.29) is 0 Å². The molecule has 0 bridgehead atoms. The molecule has 0 aliphatic carbocycles. The smallest absolute Gasteiger partial charge is 0.152 e. The number of aromatic amines is 1. The summed E-state index contributed by atoms with van der Waals surface area (Å²) in [4.78, 5) is 7.86. The molecule has 1 atom stereocenters. The number of H-pyrrole nitrogens is 1. The van der Waals surface area contributed by atoms with Crippen molar-refractivity contribution in [1.29, 1.82) is 0 Å². The summed E-state index contributed by atoms with van der Waals surface area (Å²) < 4.78 is 5.60. The first kappa shape index (κ1) is 11.5. The lowest BCUT2D eigenvalue weighted by Crippen LogP contribution is -2.21. The molecule has 2 aromatic rings. The summed E-state index contributed by atoms with van der Waals surface area (Å²) in [5.74, 6) is 2.81. The maximum Gasteiger partial charge on any atom is 0.152 e. The highest BCUT2D eigenvalue weighted by molar-refractivity contribution is 5.51. The minimum absolute atomic E-state index is 0.359. The van der Waals surface area contributed by atoms with Crippen LogP contribution in [0.25, 0.3) is 11.5 Å². The first-order valence-electron chi connectivity index (χ1n) is 6.68. The standard InChI is InChI=1S/C14H19N3O/c1-10-6-7-13(18-10)12-9-16-14(17-12)11-5-3-2-4-8-15-11/h6-7,9,11,15H,2-5,8H2,1H3,(H,16,17). The molecule has 18 heavy (non-hydrogen) atoms. The Morgan fingerprint density at radius 3 is 3.06 bits per heavy atom. The number of rotatable bonds is 2. The monoisotopic (exact) mass is 245 g/mol. The SMILES string of the molecule is Cc1ccc(-c2cnc(C3CCCCCN3)[nH]2)o1. The Labute approximate surface area is 107 Å². The van der Waals surface area contributed by atoms with Gasteiger partial charge in [0, 0.05) is 0 Å². The molecule has 96 valence electrons. The lowest BCUT2D eigenvalue weighted by atomic mass is 10.1. The molecule has 4 heteroatoms. The zero-order valence-corrected chi connectivity index (χ0v) is 10.7. The van der Waals surface area contributed by atoms with E-state index in [0.29, 0.717) is 6.04 Å². The number of hydrogen-bond donors (Lipinski definition) is 2. The Morgan fingerprint density at radius 2 is 2.22 bits per heavy atom. The van der Waals surface area contributed by atoms with Crippen LogP contribution < -0.4 is 5.32 Å². The van der Waals surface area contributed by atoms with Crippen molar-refractivity contribution in [2.45, 2.75) is 38.6 Å². The zero-order chi connectivity index (χ0) is 12.4. The molecule has 1 aliphatic heterocycles. The molecule has 1 aliphatic rings. The van der Waals surface area contributed by atoms with E-state index in [1.807, 2.05) is 25.3 Å². The predicted octanol–water partition coefficient (Wildman–Crippen LogP) is 3.18. The number of imidazole rings is 1. The second-order valence-electron chi connectivity index (χ2n) is 4.95. The van der Waals surface area contributed by atoms with Gasteiger partial charge in [-0.15, -0.1) is 0 Å². The first-order chi connectivity index (χ1) is 8.83. The fourth-order valence-electron chi connectivity index (χ4n) is 2.48. The van der Waals surface area contributed by atoms with Crippen molar-refractivity contribution in [2.75, 3.05) is 6.54 Å². The molecule has 1 unspecified atom stereocenters. The second-order valence-corrected chi connectivity index (χ2v) is 4.95. The molecule has 0 radical (unpaired) electrons. The lowest BCUT2D eigenvalue weighted by Gasteiger charge is -2.12. The highest BCUT2D eigenvalue weighted by Gasteiger charge is 2.17. The van der Waals surface area contributed by atoms with Crippen molar-refractivity contribution in [3.63, 3.8) is 0 Å². The molecule has 0 amide bonds. The number of nitrogens with zero attached hydrogens (tertiary/aromatic N) is 1. The van der Waals surface area contributed by atoms with E-state index in [0.717, 1.165) is 36.0 Å². The van der Waals surface area contributed by atoms with Gasteiger partial charge in [0.15, 0.2) is 5.76 Å². The topological polar surface area (TPSA) is 53.9 Å². The number of nitrogens with one attached hydrogen (secondary N) is 2. The molecule has 1 fully saturated rings. The van der Waals surface area contributed by atoms with Crippen LogP contribution in [0.4, 0.5) is 0 Å². The summed E-state index contributed by atoms with van der Waals surface area (Å²) >= 11 is 0. The van der Waals surface area contributed by atoms with Gasteiger partial charge in [-0.1, -0.05) is 12.8 Å². The summed E-state index contributed by atoms with van der Waals surface area (Å²) in [6.07, 6.45) is 6.87. The number of furan rings is 1. The van der Waals surface area contributed by atoms with Gasteiger partial charge in [-0.25, -0.2) is 4.98 Å². The average Bonchev–Trinajstić information content (AvgIpc) is 2.92. The number of aromatic nitrogens is 2. The van der Waals surface area contributed by atoms with Crippen molar-refractivity contribution >= 4 is 0 Å². The van der Waals surface area contributed by atoms with Gasteiger partial charge in [-0.2, -0.15) is 0 Å². The Balaban J connectivity index is 1.80. The third kappa shape index (κ3) is 2.34. The van der Waals surface area contributed by atoms with Crippen LogP contribution >= 0.6 is 0 Å². The molecule has 4 nitrogen and oxygen atoms in total. The maximum absolute atomic E-state index is 5.60. The van der Waals surface area contributed by atoms with E-state index in [1.54, 1.807) is 0 Å². The van der Waals surface area contributed by atoms with E-state index in [1.165, 1.54) is 19.3 Å². The molecule has 0 aromatic carbocycles. The van der Waals surface area contributed by atoms with Gasteiger partial charge in [0.25, 0.3) is 0 Å². The number of aryl methyl sites for hydroxylation is 1. The minimum Gasteiger partial charge on any atom is -0.460 e. The Bertz CT molecular complexity index is 507. The fraction of sp³-hybridized carbons (Fsp3) is 0.500. The molecule has 2 N–H and O–H groups in total. The quantitative estimate of drug-likeness (QED) is 0.854. The van der Waals surface area contributed by atoms with Crippen LogP contribution in [0.2, 0.25) is 0 Å². The minimum atomic E-state index is 0.359. The third-order valence-corrected chi connectivity index (χ3v) is 3.49. The molecule has 0 spiro atoms. The summed E-state index contributed by atoms with van der Waals surface area (Å²) in [5.41, 5.74) is 0.962. The van der Waals surface area contributed by atoms with Crippen LogP contribution in [0.1, 0.15) is 43.3 Å². The van der Waals surface area contributed by atoms with Gasteiger partial charge in [0.05, 0.1) is 12.2 Å². The van der Waals surface area contributed by atoms with Crippen LogP contribution in [-0.2, 0) is 0 Å². The van der Waals surface area contributed by atoms with Gasteiger partial charge in [-0.3, -0.25) is 0 Å². The number of hydrogen-bond acceptors (Lipinski definition) is 3. The summed E-state index contributed by atoms with van der Waals surface area (Å²) in [6.45, 7) is 3.04. The molecular formula is C14H19N3O. The van der Waals surface area contributed by atoms with Crippen molar-refractivity contribution < 1.29 is 4.42 Å². The van der Waals surface area contributed by atoms with Crippen molar-refractivity contribution in [1.82, 2.24) is 15.3 Å². The summed E-state index contributed by atoms with van der Waals surface area (Å²) in [6, 6.07) is 4.31. The third-order valence-electron chi connectivity index (χ3n) is 3.49. The van der Waals surface area contributed by atoms with Gasteiger partial charge in [0.2, 0.25) is 0 Å². The molecular weight excluding hydrogens is 226 g/mol. The van der Waals surface area contributed by atoms with Crippen LogP contribution in [0.5, 0.6) is 0 Å². The molecule has 3 rings (SSSR count). The van der Waals surface area contributed by atoms with Gasteiger partial charge in [-0.05, 0) is 38.4 Å². The predicted molar refractivity (Wildman–Crippen MR) is 70.2 cm³/mol. The summed E-state index contributed by atoms with van der Waals surface area (Å²) in [7, 11) is 0. The first-order valence-corrected chi connectivity index (χ1v) is 6.68. The molecule has 3 heterocycles. The van der Waals surface area contributed by atoms with Crippen LogP contribution in [0.3, 0.4) is 0 Å². The van der Waals surface area contributed by atoms with Crippen LogP contribution in [0, 0.1) is 6.92 Å². The van der Waals surface area contributed by atoms with E-state index < -0.39 is 0 Å². The van der Waals surface area contributed by atoms with Gasteiger partial charge < -0.3 is 14.7 Å². The van der Waals surface area contributed by atoms with Gasteiger partial charge in [0.1, 0.15) is 17.3 Å². The normalized spacial score (nSPS) is 20.8. The highest BCUT2D eigenvalue weighted by atomic mass is 16.3. The Morgan fingerprint density at radius 1 is 1.28 bits per heavy atom. The Hall–Kier alpha value is -1.55. The average molecular weight is 245 g/mol. The highest BCUT2D eigenvalue weighted by Crippen LogP contribution is 2.24. The van der Waals surface area contributed by atoms with E-state index >= 15 is 0 Å². The molecule has 1 saturated heterocycles. The molecule has 2 aromatic heterocycles. The fourth-order valence-corrected chi connectivity index (χ4v) is 2.48. The Kier molecular flexibility index (Phi) is 3.19. The van der Waals surface area contributed by atoms with Crippen molar-refractivity contribution in [3.05, 3.63) is 29.9 Å².